The van der Waals surface area contributed by atoms with Crippen molar-refractivity contribution in [3.05, 3.63) is 88.9 Å². The molecule has 0 radical (unpaired) electrons. The molecule has 7 heteroatoms. The van der Waals surface area contributed by atoms with Gasteiger partial charge in [-0.3, -0.25) is 9.59 Å². The lowest BCUT2D eigenvalue weighted by atomic mass is 9.87. The maximum absolute atomic E-state index is 13.5. The van der Waals surface area contributed by atoms with Gasteiger partial charge in [0.1, 0.15) is 11.5 Å². The second kappa shape index (κ2) is 10.6. The van der Waals surface area contributed by atoms with Gasteiger partial charge in [0.25, 0.3) is 5.91 Å². The first-order valence-electron chi connectivity index (χ1n) is 11.1. The van der Waals surface area contributed by atoms with Crippen LogP contribution in [0.1, 0.15) is 34.8 Å². The van der Waals surface area contributed by atoms with Gasteiger partial charge in [0.15, 0.2) is 0 Å². The first-order valence-corrected chi connectivity index (χ1v) is 11.5. The molecular weight excluding hydrogens is 452 g/mol. The van der Waals surface area contributed by atoms with Gasteiger partial charge in [-0.15, -0.1) is 0 Å². The molecule has 176 valence electrons. The summed E-state index contributed by atoms with van der Waals surface area (Å²) in [5.41, 5.74) is 2.16. The quantitative estimate of drug-likeness (QED) is 0.501. The summed E-state index contributed by atoms with van der Waals surface area (Å²) in [7, 11) is 3.12. The van der Waals surface area contributed by atoms with Crippen LogP contribution in [0.5, 0.6) is 11.5 Å². The van der Waals surface area contributed by atoms with Crippen molar-refractivity contribution in [1.29, 1.82) is 0 Å². The number of benzene rings is 3. The summed E-state index contributed by atoms with van der Waals surface area (Å²) < 4.78 is 10.6. The van der Waals surface area contributed by atoms with Gasteiger partial charge in [0, 0.05) is 23.2 Å². The van der Waals surface area contributed by atoms with Gasteiger partial charge in [-0.2, -0.15) is 0 Å². The van der Waals surface area contributed by atoms with Crippen molar-refractivity contribution >= 4 is 29.1 Å². The highest BCUT2D eigenvalue weighted by Gasteiger charge is 2.36. The first kappa shape index (κ1) is 23.6. The minimum Gasteiger partial charge on any atom is -0.497 e. The van der Waals surface area contributed by atoms with E-state index in [1.807, 2.05) is 30.3 Å². The Balaban J connectivity index is 1.57. The first-order chi connectivity index (χ1) is 16.5. The molecule has 2 amide bonds. The molecule has 1 aliphatic rings. The van der Waals surface area contributed by atoms with Crippen LogP contribution in [0.15, 0.2) is 72.8 Å². The van der Waals surface area contributed by atoms with Crippen LogP contribution in [0.4, 0.5) is 5.69 Å². The summed E-state index contributed by atoms with van der Waals surface area (Å²) in [6.45, 7) is 0.311. The predicted octanol–water partition coefficient (Wildman–Crippen LogP) is 5.59. The summed E-state index contributed by atoms with van der Waals surface area (Å²) in [4.78, 5) is 28.5. The van der Waals surface area contributed by atoms with Crippen LogP contribution in [0.25, 0.3) is 0 Å². The SMILES string of the molecule is COc1ccc(NC(=O)C2CCC(c3ccccc3)N(C(=O)c3ccc(Cl)cc3)C2)c(OC)c1. The summed E-state index contributed by atoms with van der Waals surface area (Å²) in [6.07, 6.45) is 1.34. The summed E-state index contributed by atoms with van der Waals surface area (Å²) >= 11 is 6.02. The van der Waals surface area contributed by atoms with Gasteiger partial charge >= 0.3 is 0 Å². The van der Waals surface area contributed by atoms with Crippen LogP contribution in [-0.2, 0) is 4.79 Å². The molecule has 0 aliphatic carbocycles. The fourth-order valence-corrected chi connectivity index (χ4v) is 4.45. The van der Waals surface area contributed by atoms with Gasteiger partial charge in [-0.25, -0.2) is 0 Å². The third-order valence-electron chi connectivity index (χ3n) is 6.16. The number of likely N-dealkylation sites (tertiary alicyclic amines) is 1. The second-order valence-corrected chi connectivity index (χ2v) is 8.66. The van der Waals surface area contributed by atoms with Crippen molar-refractivity contribution < 1.29 is 19.1 Å². The monoisotopic (exact) mass is 478 g/mol. The largest absolute Gasteiger partial charge is 0.497 e. The van der Waals surface area contributed by atoms with E-state index >= 15 is 0 Å². The predicted molar refractivity (Wildman–Crippen MR) is 133 cm³/mol. The van der Waals surface area contributed by atoms with E-state index in [0.29, 0.717) is 47.2 Å². The van der Waals surface area contributed by atoms with Crippen LogP contribution < -0.4 is 14.8 Å². The minimum atomic E-state index is -0.358. The lowest BCUT2D eigenvalue weighted by Crippen LogP contribution is -2.45. The van der Waals surface area contributed by atoms with Gasteiger partial charge in [0.05, 0.1) is 31.9 Å². The Hall–Kier alpha value is -3.51. The van der Waals surface area contributed by atoms with E-state index < -0.39 is 0 Å². The van der Waals surface area contributed by atoms with E-state index in [1.165, 1.54) is 0 Å². The Morgan fingerprint density at radius 1 is 0.941 bits per heavy atom. The third-order valence-corrected chi connectivity index (χ3v) is 6.41. The van der Waals surface area contributed by atoms with Crippen molar-refractivity contribution in [3.8, 4) is 11.5 Å². The van der Waals surface area contributed by atoms with Crippen LogP contribution >= 0.6 is 11.6 Å². The Morgan fingerprint density at radius 3 is 2.35 bits per heavy atom. The molecule has 3 aromatic rings. The number of carbonyl (C=O) groups is 2. The van der Waals surface area contributed by atoms with Crippen molar-refractivity contribution in [2.75, 3.05) is 26.1 Å². The highest BCUT2D eigenvalue weighted by molar-refractivity contribution is 6.30. The molecule has 1 N–H and O–H groups in total. The number of carbonyl (C=O) groups excluding carboxylic acids is 2. The maximum atomic E-state index is 13.5. The molecule has 2 atom stereocenters. The van der Waals surface area contributed by atoms with E-state index in [1.54, 1.807) is 61.6 Å². The number of hydrogen-bond donors (Lipinski definition) is 1. The molecule has 6 nitrogen and oxygen atoms in total. The number of nitrogens with one attached hydrogen (secondary N) is 1. The average molecular weight is 479 g/mol. The van der Waals surface area contributed by atoms with Gasteiger partial charge in [0.2, 0.25) is 5.91 Å². The number of ether oxygens (including phenoxy) is 2. The molecule has 1 aliphatic heterocycles. The zero-order valence-electron chi connectivity index (χ0n) is 19.2. The minimum absolute atomic E-state index is 0.107. The molecule has 0 bridgehead atoms. The number of hydrogen-bond acceptors (Lipinski definition) is 4. The zero-order valence-corrected chi connectivity index (χ0v) is 19.9. The van der Waals surface area contributed by atoms with Crippen LogP contribution in [-0.4, -0.2) is 37.5 Å². The topological polar surface area (TPSA) is 67.9 Å². The molecule has 2 unspecified atom stereocenters. The standard InChI is InChI=1S/C27H27ClN2O4/c1-33-22-13-14-23(25(16-22)34-2)29-26(31)20-10-15-24(18-6-4-3-5-7-18)30(17-20)27(32)19-8-11-21(28)12-9-19/h3-9,11-14,16,20,24H,10,15,17H2,1-2H3,(H,29,31). The Morgan fingerprint density at radius 2 is 1.68 bits per heavy atom. The van der Waals surface area contributed by atoms with Crippen molar-refractivity contribution in [1.82, 2.24) is 4.90 Å². The van der Waals surface area contributed by atoms with Crippen LogP contribution in [0.3, 0.4) is 0 Å². The number of anilines is 1. The van der Waals surface area contributed by atoms with Crippen LogP contribution in [0, 0.1) is 5.92 Å². The maximum Gasteiger partial charge on any atom is 0.254 e. The highest BCUT2D eigenvalue weighted by atomic mass is 35.5. The number of halogens is 1. The summed E-state index contributed by atoms with van der Waals surface area (Å²) in [5.74, 6) is 0.523. The van der Waals surface area contributed by atoms with E-state index in [0.717, 1.165) is 5.56 Å². The average Bonchev–Trinajstić information content (AvgIpc) is 2.89. The fourth-order valence-electron chi connectivity index (χ4n) is 4.33. The lowest BCUT2D eigenvalue weighted by molar-refractivity contribution is -0.121. The number of nitrogens with zero attached hydrogens (tertiary/aromatic N) is 1. The third kappa shape index (κ3) is 5.18. The van der Waals surface area contributed by atoms with Crippen molar-refractivity contribution in [2.45, 2.75) is 18.9 Å². The van der Waals surface area contributed by atoms with E-state index in [9.17, 15) is 9.59 Å². The van der Waals surface area contributed by atoms with Crippen molar-refractivity contribution in [2.24, 2.45) is 5.92 Å². The molecule has 0 aromatic heterocycles. The lowest BCUT2D eigenvalue weighted by Gasteiger charge is -2.39. The molecule has 0 spiro atoms. The summed E-state index contributed by atoms with van der Waals surface area (Å²) in [6, 6.07) is 21.9. The Labute approximate surface area is 204 Å². The molecular formula is C27H27ClN2O4. The highest BCUT2D eigenvalue weighted by Crippen LogP contribution is 2.36. The van der Waals surface area contributed by atoms with Gasteiger partial charge < -0.3 is 19.7 Å². The van der Waals surface area contributed by atoms with Gasteiger partial charge in [-0.1, -0.05) is 41.9 Å². The van der Waals surface area contributed by atoms with E-state index in [4.69, 9.17) is 21.1 Å². The molecule has 1 heterocycles. The normalized spacial score (nSPS) is 17.7. The van der Waals surface area contributed by atoms with Gasteiger partial charge in [-0.05, 0) is 54.8 Å². The summed E-state index contributed by atoms with van der Waals surface area (Å²) in [5, 5.41) is 3.54. The fraction of sp³-hybridized carbons (Fsp3) is 0.259. The molecule has 34 heavy (non-hydrogen) atoms. The van der Waals surface area contributed by atoms with E-state index in [2.05, 4.69) is 5.32 Å². The van der Waals surface area contributed by atoms with Crippen molar-refractivity contribution in [3.63, 3.8) is 0 Å². The number of piperidine rings is 1. The Bertz CT molecular complexity index is 1150. The molecule has 3 aromatic carbocycles. The second-order valence-electron chi connectivity index (χ2n) is 8.22. The zero-order chi connectivity index (χ0) is 24.1. The molecule has 1 fully saturated rings. The number of rotatable bonds is 6. The number of methoxy groups -OCH3 is 2. The molecule has 0 saturated carbocycles. The Kier molecular flexibility index (Phi) is 7.38. The smallest absolute Gasteiger partial charge is 0.254 e. The number of amides is 2. The van der Waals surface area contributed by atoms with Crippen LogP contribution in [0.2, 0.25) is 5.02 Å². The molecule has 4 rings (SSSR count). The molecule has 1 saturated heterocycles. The van der Waals surface area contributed by atoms with E-state index in [-0.39, 0.29) is 23.8 Å².